The predicted octanol–water partition coefficient (Wildman–Crippen LogP) is 1.86. The van der Waals surface area contributed by atoms with Crippen molar-refractivity contribution in [3.8, 4) is 5.69 Å². The molecule has 0 fully saturated rings. The summed E-state index contributed by atoms with van der Waals surface area (Å²) in [6, 6.07) is 10.6. The van der Waals surface area contributed by atoms with Crippen LogP contribution in [0.25, 0.3) is 5.69 Å². The molecule has 23 heavy (non-hydrogen) atoms. The number of para-hydroxylation sites is 2. The third kappa shape index (κ3) is 2.98. The van der Waals surface area contributed by atoms with Gasteiger partial charge in [-0.3, -0.25) is 9.59 Å². The fourth-order valence-electron chi connectivity index (χ4n) is 2.19. The minimum absolute atomic E-state index is 0.255. The number of nitrogens with zero attached hydrogens (tertiary/aromatic N) is 2. The highest BCUT2D eigenvalue weighted by Gasteiger charge is 2.13. The first-order valence-electron chi connectivity index (χ1n) is 6.96. The van der Waals surface area contributed by atoms with Crippen LogP contribution in [0.2, 0.25) is 0 Å². The summed E-state index contributed by atoms with van der Waals surface area (Å²) in [6.45, 7) is 1.89. The van der Waals surface area contributed by atoms with Crippen molar-refractivity contribution in [2.45, 2.75) is 6.92 Å². The molecule has 0 radical (unpaired) electrons. The number of aryl methyl sites for hydroxylation is 1. The number of carbonyl (C=O) groups is 2. The number of aromatic nitrogens is 3. The number of amides is 2. The molecule has 0 saturated heterocycles. The van der Waals surface area contributed by atoms with Crippen LogP contribution in [0.5, 0.6) is 0 Å². The predicted molar refractivity (Wildman–Crippen MR) is 85.6 cm³/mol. The maximum Gasteiger partial charge on any atom is 0.272 e. The van der Waals surface area contributed by atoms with Crippen molar-refractivity contribution in [3.05, 3.63) is 65.7 Å². The van der Waals surface area contributed by atoms with Crippen molar-refractivity contribution in [3.63, 3.8) is 0 Å². The van der Waals surface area contributed by atoms with Gasteiger partial charge >= 0.3 is 0 Å². The van der Waals surface area contributed by atoms with Crippen LogP contribution >= 0.6 is 0 Å². The quantitative estimate of drug-likeness (QED) is 0.685. The van der Waals surface area contributed by atoms with Crippen molar-refractivity contribution in [2.75, 3.05) is 5.32 Å². The minimum Gasteiger partial charge on any atom is -0.366 e. The number of carbonyl (C=O) groups excluding carboxylic acids is 2. The molecule has 0 atom stereocenters. The molecule has 7 heteroatoms. The van der Waals surface area contributed by atoms with E-state index in [4.69, 9.17) is 5.73 Å². The highest BCUT2D eigenvalue weighted by Crippen LogP contribution is 2.20. The van der Waals surface area contributed by atoms with E-state index < -0.39 is 5.91 Å². The number of anilines is 1. The lowest BCUT2D eigenvalue weighted by Gasteiger charge is -2.10. The van der Waals surface area contributed by atoms with Gasteiger partial charge in [-0.1, -0.05) is 12.1 Å². The highest BCUT2D eigenvalue weighted by molar-refractivity contribution is 6.05. The zero-order valence-electron chi connectivity index (χ0n) is 12.4. The summed E-state index contributed by atoms with van der Waals surface area (Å²) < 4.78 is 1.69. The Morgan fingerprint density at radius 2 is 2.04 bits per heavy atom. The van der Waals surface area contributed by atoms with E-state index in [9.17, 15) is 9.59 Å². The number of rotatable bonds is 4. The number of hydrogen-bond acceptors (Lipinski definition) is 3. The summed E-state index contributed by atoms with van der Waals surface area (Å²) in [6.07, 6.45) is 3.22. The lowest BCUT2D eigenvalue weighted by molar-refractivity contribution is 0.0999. The molecule has 2 amide bonds. The van der Waals surface area contributed by atoms with Crippen LogP contribution in [-0.2, 0) is 0 Å². The van der Waals surface area contributed by atoms with Crippen LogP contribution < -0.4 is 11.1 Å². The first-order valence-corrected chi connectivity index (χ1v) is 6.96. The molecule has 3 rings (SSSR count). The highest BCUT2D eigenvalue weighted by atomic mass is 16.2. The number of nitrogens with two attached hydrogens (primary N) is 1. The maximum atomic E-state index is 12.3. The van der Waals surface area contributed by atoms with Gasteiger partial charge in [0.2, 0.25) is 5.91 Å². The van der Waals surface area contributed by atoms with Crippen LogP contribution in [0.3, 0.4) is 0 Å². The van der Waals surface area contributed by atoms with E-state index in [-0.39, 0.29) is 17.2 Å². The van der Waals surface area contributed by atoms with Gasteiger partial charge in [-0.25, -0.2) is 4.68 Å². The Labute approximate surface area is 132 Å². The van der Waals surface area contributed by atoms with Crippen LogP contribution in [0.15, 0.2) is 48.8 Å². The van der Waals surface area contributed by atoms with E-state index in [2.05, 4.69) is 15.4 Å². The molecule has 0 unspecified atom stereocenters. The first-order chi connectivity index (χ1) is 11.0. The zero-order valence-corrected chi connectivity index (χ0v) is 12.4. The Balaban J connectivity index is 1.88. The number of hydrogen-bond donors (Lipinski definition) is 3. The molecule has 0 aliphatic carbocycles. The van der Waals surface area contributed by atoms with Gasteiger partial charge in [-0.2, -0.15) is 5.10 Å². The number of benzene rings is 1. The van der Waals surface area contributed by atoms with Gasteiger partial charge in [0.15, 0.2) is 0 Å². The molecular formula is C16H15N5O2. The van der Waals surface area contributed by atoms with Crippen molar-refractivity contribution >= 4 is 17.5 Å². The molecule has 0 aliphatic rings. The largest absolute Gasteiger partial charge is 0.366 e. The van der Waals surface area contributed by atoms with Gasteiger partial charge in [0.25, 0.3) is 5.91 Å². The van der Waals surface area contributed by atoms with E-state index in [0.717, 1.165) is 11.4 Å². The van der Waals surface area contributed by atoms with Crippen LogP contribution in [0.4, 0.5) is 5.69 Å². The average molecular weight is 309 g/mol. The summed E-state index contributed by atoms with van der Waals surface area (Å²) in [5, 5.41) is 7.15. The Morgan fingerprint density at radius 3 is 2.70 bits per heavy atom. The molecule has 0 spiro atoms. The lowest BCUT2D eigenvalue weighted by Crippen LogP contribution is -2.14. The average Bonchev–Trinajstić information content (AvgIpc) is 3.17. The second-order valence-corrected chi connectivity index (χ2v) is 5.04. The van der Waals surface area contributed by atoms with Crippen molar-refractivity contribution in [1.29, 1.82) is 0 Å². The SMILES string of the molecule is Cc1ccn(-c2ccccc2NC(=O)c2cc(C(N)=O)c[nH]2)n1. The minimum atomic E-state index is -0.590. The number of nitrogens with one attached hydrogen (secondary N) is 2. The number of aromatic amines is 1. The number of primary amides is 1. The summed E-state index contributed by atoms with van der Waals surface area (Å²) in [5.41, 5.74) is 7.92. The van der Waals surface area contributed by atoms with Crippen LogP contribution in [-0.4, -0.2) is 26.6 Å². The molecule has 0 saturated carbocycles. The lowest BCUT2D eigenvalue weighted by atomic mass is 10.2. The molecular weight excluding hydrogens is 294 g/mol. The topological polar surface area (TPSA) is 106 Å². The van der Waals surface area contributed by atoms with E-state index in [0.29, 0.717) is 5.69 Å². The Hall–Kier alpha value is -3.35. The Bertz CT molecular complexity index is 878. The smallest absolute Gasteiger partial charge is 0.272 e. The van der Waals surface area contributed by atoms with Gasteiger partial charge in [-0.15, -0.1) is 0 Å². The van der Waals surface area contributed by atoms with Gasteiger partial charge in [0, 0.05) is 12.4 Å². The second-order valence-electron chi connectivity index (χ2n) is 5.04. The van der Waals surface area contributed by atoms with Crippen molar-refractivity contribution in [2.24, 2.45) is 5.73 Å². The summed E-state index contributed by atoms with van der Waals surface area (Å²) in [7, 11) is 0. The molecule has 7 nitrogen and oxygen atoms in total. The van der Waals surface area contributed by atoms with Gasteiger partial charge in [-0.05, 0) is 31.2 Å². The van der Waals surface area contributed by atoms with E-state index >= 15 is 0 Å². The van der Waals surface area contributed by atoms with Gasteiger partial charge < -0.3 is 16.0 Å². The monoisotopic (exact) mass is 309 g/mol. The van der Waals surface area contributed by atoms with Gasteiger partial charge in [0.05, 0.1) is 22.6 Å². The van der Waals surface area contributed by atoms with Crippen LogP contribution in [0, 0.1) is 6.92 Å². The molecule has 0 aliphatic heterocycles. The van der Waals surface area contributed by atoms with Crippen molar-refractivity contribution in [1.82, 2.24) is 14.8 Å². The Kier molecular flexibility index (Phi) is 3.68. The molecule has 2 heterocycles. The van der Waals surface area contributed by atoms with Crippen molar-refractivity contribution < 1.29 is 9.59 Å². The maximum absolute atomic E-state index is 12.3. The second kappa shape index (κ2) is 5.80. The standard InChI is InChI=1S/C16H15N5O2/c1-10-6-7-21(20-10)14-5-3-2-4-12(14)19-16(23)13-8-11(9-18-13)15(17)22/h2-9,18H,1H3,(H2,17,22)(H,19,23). The summed E-state index contributed by atoms with van der Waals surface area (Å²) in [5.74, 6) is -0.957. The molecule has 0 bridgehead atoms. The number of H-pyrrole nitrogens is 1. The molecule has 4 N–H and O–H groups in total. The fraction of sp³-hybridized carbons (Fsp3) is 0.0625. The molecule has 2 aromatic heterocycles. The normalized spacial score (nSPS) is 10.5. The third-order valence-electron chi connectivity index (χ3n) is 3.33. The summed E-state index contributed by atoms with van der Waals surface area (Å²) in [4.78, 5) is 26.1. The van der Waals surface area contributed by atoms with Gasteiger partial charge in [0.1, 0.15) is 5.69 Å². The third-order valence-corrected chi connectivity index (χ3v) is 3.33. The van der Waals surface area contributed by atoms with E-state index in [1.54, 1.807) is 10.7 Å². The summed E-state index contributed by atoms with van der Waals surface area (Å²) >= 11 is 0. The van der Waals surface area contributed by atoms with Crippen LogP contribution in [0.1, 0.15) is 26.5 Å². The fourth-order valence-corrected chi connectivity index (χ4v) is 2.19. The Morgan fingerprint density at radius 1 is 1.26 bits per heavy atom. The van der Waals surface area contributed by atoms with E-state index in [1.807, 2.05) is 37.4 Å². The molecule has 116 valence electrons. The first kappa shape index (κ1) is 14.6. The zero-order chi connectivity index (χ0) is 16.4. The molecule has 1 aromatic carbocycles. The molecule has 3 aromatic rings. The van der Waals surface area contributed by atoms with E-state index in [1.165, 1.54) is 12.3 Å².